The van der Waals surface area contributed by atoms with Gasteiger partial charge in [-0.15, -0.1) is 0 Å². The second kappa shape index (κ2) is 10.9. The molecule has 1 fully saturated rings. The Kier molecular flexibility index (Phi) is 10.0. The molecule has 1 aliphatic rings. The van der Waals surface area contributed by atoms with E-state index in [1.807, 2.05) is 13.8 Å². The van der Waals surface area contributed by atoms with Crippen molar-refractivity contribution in [2.24, 2.45) is 17.8 Å². The molecule has 7 nitrogen and oxygen atoms in total. The van der Waals surface area contributed by atoms with E-state index in [-0.39, 0.29) is 25.0 Å². The van der Waals surface area contributed by atoms with Gasteiger partial charge in [0.05, 0.1) is 25.7 Å². The molecule has 0 saturated heterocycles. The molecule has 1 rings (SSSR count). The van der Waals surface area contributed by atoms with E-state index in [9.17, 15) is 16.8 Å². The lowest BCUT2D eigenvalue weighted by molar-refractivity contribution is 0.127. The van der Waals surface area contributed by atoms with Crippen LogP contribution in [0.5, 0.6) is 0 Å². The van der Waals surface area contributed by atoms with Crippen LogP contribution in [0.4, 0.5) is 0 Å². The van der Waals surface area contributed by atoms with E-state index in [0.717, 1.165) is 32.1 Å². The number of hydrogen-bond donors (Lipinski definition) is 0. The molecule has 9 heteroatoms. The number of hydrogen-bond acceptors (Lipinski definition) is 7. The minimum atomic E-state index is -3.44. The van der Waals surface area contributed by atoms with Crippen molar-refractivity contribution < 1.29 is 25.2 Å². The van der Waals surface area contributed by atoms with Crippen LogP contribution in [0.3, 0.4) is 0 Å². The summed E-state index contributed by atoms with van der Waals surface area (Å²) in [6.07, 6.45) is 8.38. The average molecular weight is 414 g/mol. The average Bonchev–Trinajstić information content (AvgIpc) is 2.50. The molecule has 0 aromatic heterocycles. The van der Waals surface area contributed by atoms with Gasteiger partial charge in [0.1, 0.15) is 0 Å². The zero-order valence-electron chi connectivity index (χ0n) is 16.5. The lowest BCUT2D eigenvalue weighted by Gasteiger charge is -2.33. The summed E-state index contributed by atoms with van der Waals surface area (Å²) in [5.41, 5.74) is 0. The van der Waals surface area contributed by atoms with Gasteiger partial charge in [-0.2, -0.15) is 16.8 Å². The predicted octanol–water partition coefficient (Wildman–Crippen LogP) is 2.09. The van der Waals surface area contributed by atoms with E-state index >= 15 is 0 Å². The molecule has 0 radical (unpaired) electrons. The van der Waals surface area contributed by atoms with Crippen LogP contribution in [-0.4, -0.2) is 67.1 Å². The predicted molar refractivity (Wildman–Crippen MR) is 103 cm³/mol. The SMILES string of the molecule is CC(COS(C)(=O)=O)CN(CC(C)COS(C)(=O)=O)CC1CCCCC1. The summed E-state index contributed by atoms with van der Waals surface area (Å²) < 4.78 is 54.6. The van der Waals surface area contributed by atoms with Crippen molar-refractivity contribution in [3.63, 3.8) is 0 Å². The van der Waals surface area contributed by atoms with Gasteiger partial charge in [0.2, 0.25) is 0 Å². The summed E-state index contributed by atoms with van der Waals surface area (Å²) in [6, 6.07) is 0. The smallest absolute Gasteiger partial charge is 0.264 e. The molecule has 0 aromatic rings. The van der Waals surface area contributed by atoms with Crippen molar-refractivity contribution in [3.05, 3.63) is 0 Å². The third kappa shape index (κ3) is 12.2. The molecule has 0 aliphatic heterocycles. The van der Waals surface area contributed by atoms with Crippen molar-refractivity contribution in [1.82, 2.24) is 4.90 Å². The second-order valence-electron chi connectivity index (χ2n) is 7.91. The molecule has 0 N–H and O–H groups in total. The van der Waals surface area contributed by atoms with E-state index in [1.54, 1.807) is 0 Å². The first-order chi connectivity index (χ1) is 11.9. The van der Waals surface area contributed by atoms with Crippen LogP contribution < -0.4 is 0 Å². The Morgan fingerprint density at radius 3 is 1.65 bits per heavy atom. The molecule has 2 unspecified atom stereocenters. The molecule has 0 amide bonds. The Morgan fingerprint density at radius 1 is 0.846 bits per heavy atom. The third-order valence-electron chi connectivity index (χ3n) is 4.51. The van der Waals surface area contributed by atoms with Gasteiger partial charge in [-0.05, 0) is 30.6 Å². The van der Waals surface area contributed by atoms with Gasteiger partial charge in [-0.1, -0.05) is 33.1 Å². The monoisotopic (exact) mass is 413 g/mol. The number of nitrogens with zero attached hydrogens (tertiary/aromatic N) is 1. The van der Waals surface area contributed by atoms with Crippen molar-refractivity contribution in [1.29, 1.82) is 0 Å². The van der Waals surface area contributed by atoms with Crippen molar-refractivity contribution in [2.45, 2.75) is 46.0 Å². The standard InChI is InChI=1S/C17H35NO6S2/c1-15(13-23-25(3,19)20)10-18(12-17-8-6-5-7-9-17)11-16(2)14-24-26(4,21)22/h15-17H,5-14H2,1-4H3. The Balaban J connectivity index is 2.58. The molecular weight excluding hydrogens is 378 g/mol. The quantitative estimate of drug-likeness (QED) is 0.453. The van der Waals surface area contributed by atoms with Crippen LogP contribution in [-0.2, 0) is 28.6 Å². The zero-order valence-corrected chi connectivity index (χ0v) is 18.1. The normalized spacial score (nSPS) is 19.6. The molecule has 0 spiro atoms. The van der Waals surface area contributed by atoms with Gasteiger partial charge in [0.15, 0.2) is 0 Å². The fourth-order valence-electron chi connectivity index (χ4n) is 3.42. The molecule has 2 atom stereocenters. The zero-order chi connectivity index (χ0) is 19.8. The van der Waals surface area contributed by atoms with Gasteiger partial charge in [0.25, 0.3) is 20.2 Å². The van der Waals surface area contributed by atoms with Gasteiger partial charge in [-0.25, -0.2) is 0 Å². The maximum atomic E-state index is 11.2. The Morgan fingerprint density at radius 2 is 1.27 bits per heavy atom. The first-order valence-electron chi connectivity index (χ1n) is 9.35. The van der Waals surface area contributed by atoms with E-state index in [4.69, 9.17) is 8.37 Å². The first-order valence-corrected chi connectivity index (χ1v) is 13.0. The highest BCUT2D eigenvalue weighted by Gasteiger charge is 2.21. The van der Waals surface area contributed by atoms with Crippen molar-refractivity contribution >= 4 is 20.2 Å². The van der Waals surface area contributed by atoms with Crippen LogP contribution in [0.1, 0.15) is 46.0 Å². The van der Waals surface area contributed by atoms with Crippen LogP contribution in [0.15, 0.2) is 0 Å². The molecule has 1 aliphatic carbocycles. The second-order valence-corrected chi connectivity index (χ2v) is 11.2. The van der Waals surface area contributed by atoms with Crippen LogP contribution in [0.2, 0.25) is 0 Å². The molecule has 26 heavy (non-hydrogen) atoms. The molecule has 1 saturated carbocycles. The van der Waals surface area contributed by atoms with Crippen molar-refractivity contribution in [3.8, 4) is 0 Å². The Hall–Kier alpha value is -0.220. The molecular formula is C17H35NO6S2. The third-order valence-corrected chi connectivity index (χ3v) is 5.64. The van der Waals surface area contributed by atoms with Crippen molar-refractivity contribution in [2.75, 3.05) is 45.4 Å². The van der Waals surface area contributed by atoms with Gasteiger partial charge in [0, 0.05) is 19.6 Å². The highest BCUT2D eigenvalue weighted by atomic mass is 32.2. The van der Waals surface area contributed by atoms with Crippen LogP contribution in [0.25, 0.3) is 0 Å². The van der Waals surface area contributed by atoms with E-state index in [2.05, 4.69) is 4.90 Å². The number of rotatable bonds is 12. The topological polar surface area (TPSA) is 90.0 Å². The minimum Gasteiger partial charge on any atom is -0.302 e. The summed E-state index contributed by atoms with van der Waals surface area (Å²) in [6.45, 7) is 6.65. The maximum absolute atomic E-state index is 11.2. The summed E-state index contributed by atoms with van der Waals surface area (Å²) in [7, 11) is -6.87. The Labute approximate surface area is 159 Å². The summed E-state index contributed by atoms with van der Waals surface area (Å²) in [5, 5.41) is 0. The fraction of sp³-hybridized carbons (Fsp3) is 1.00. The maximum Gasteiger partial charge on any atom is 0.264 e. The fourth-order valence-corrected chi connectivity index (χ4v) is 4.38. The van der Waals surface area contributed by atoms with Gasteiger partial charge < -0.3 is 4.90 Å². The van der Waals surface area contributed by atoms with E-state index in [0.29, 0.717) is 5.92 Å². The first kappa shape index (κ1) is 23.8. The lowest BCUT2D eigenvalue weighted by atomic mass is 9.88. The largest absolute Gasteiger partial charge is 0.302 e. The highest BCUT2D eigenvalue weighted by Crippen LogP contribution is 2.25. The van der Waals surface area contributed by atoms with Crippen LogP contribution >= 0.6 is 0 Å². The summed E-state index contributed by atoms with van der Waals surface area (Å²) in [5.74, 6) is 0.780. The molecule has 156 valence electrons. The lowest BCUT2D eigenvalue weighted by Crippen LogP contribution is -2.39. The molecule has 0 heterocycles. The van der Waals surface area contributed by atoms with Gasteiger partial charge >= 0.3 is 0 Å². The van der Waals surface area contributed by atoms with E-state index in [1.165, 1.54) is 32.1 Å². The Bertz CT molecular complexity index is 555. The highest BCUT2D eigenvalue weighted by molar-refractivity contribution is 7.86. The summed E-state index contributed by atoms with van der Waals surface area (Å²) in [4.78, 5) is 2.31. The van der Waals surface area contributed by atoms with E-state index < -0.39 is 20.2 Å². The van der Waals surface area contributed by atoms with Gasteiger partial charge in [-0.3, -0.25) is 8.37 Å². The molecule has 0 aromatic carbocycles. The molecule has 0 bridgehead atoms. The van der Waals surface area contributed by atoms with Crippen LogP contribution in [0, 0.1) is 17.8 Å². The minimum absolute atomic E-state index is 0.0661. The summed E-state index contributed by atoms with van der Waals surface area (Å²) >= 11 is 0.